The number of thioether (sulfide) groups is 2. The monoisotopic (exact) mass is 636 g/mol. The molecule has 4 aliphatic carbocycles. The first kappa shape index (κ1) is 33.4. The van der Waals surface area contributed by atoms with Crippen molar-refractivity contribution < 1.29 is 19.1 Å². The van der Waals surface area contributed by atoms with Crippen molar-refractivity contribution in [2.45, 2.75) is 102 Å². The van der Waals surface area contributed by atoms with Crippen molar-refractivity contribution in [3.05, 3.63) is 59.7 Å². The van der Waals surface area contributed by atoms with Gasteiger partial charge in [0.15, 0.2) is 5.12 Å². The number of methoxy groups -OCH3 is 1. The van der Waals surface area contributed by atoms with Crippen LogP contribution in [0.4, 0.5) is 0 Å². The van der Waals surface area contributed by atoms with Crippen molar-refractivity contribution in [1.29, 1.82) is 0 Å². The fourth-order valence-corrected chi connectivity index (χ4v) is 10.9. The molecule has 0 amide bonds. The SMILES string of the molecule is COc1ccc(C2(c3ccc(OC(C)=O)cc3)CCCCC2)cc1.CSCCCCC1CC2CC1C1CC(SC(C)=O)CC21. The zero-order valence-electron chi connectivity index (χ0n) is 27.2. The number of carbonyl (C=O) groups is 2. The van der Waals surface area contributed by atoms with E-state index < -0.39 is 0 Å². The first-order chi connectivity index (χ1) is 21.3. The summed E-state index contributed by atoms with van der Waals surface area (Å²) in [6.45, 7) is 3.16. The van der Waals surface area contributed by atoms with Crippen LogP contribution in [0.3, 0.4) is 0 Å². The second kappa shape index (κ2) is 15.6. The van der Waals surface area contributed by atoms with Gasteiger partial charge in [0.25, 0.3) is 0 Å². The Bertz CT molecular complexity index is 1220. The van der Waals surface area contributed by atoms with Crippen LogP contribution < -0.4 is 9.47 Å². The third kappa shape index (κ3) is 7.89. The summed E-state index contributed by atoms with van der Waals surface area (Å²) in [5.41, 5.74) is 2.67. The summed E-state index contributed by atoms with van der Waals surface area (Å²) >= 11 is 3.62. The Morgan fingerprint density at radius 2 is 1.43 bits per heavy atom. The Labute approximate surface area is 274 Å². The first-order valence-corrected chi connectivity index (χ1v) is 19.2. The van der Waals surface area contributed by atoms with E-state index in [4.69, 9.17) is 9.47 Å². The van der Waals surface area contributed by atoms with Crippen LogP contribution in [-0.4, -0.2) is 35.5 Å². The molecule has 2 bridgehead atoms. The summed E-state index contributed by atoms with van der Waals surface area (Å²) in [6.07, 6.45) is 18.3. The van der Waals surface area contributed by atoms with E-state index in [9.17, 15) is 9.59 Å². The molecule has 4 nitrogen and oxygen atoms in total. The Balaban J connectivity index is 0.000000177. The van der Waals surface area contributed by atoms with Gasteiger partial charge in [0.1, 0.15) is 11.5 Å². The minimum atomic E-state index is -0.287. The molecule has 240 valence electrons. The normalized spacial score (nSPS) is 28.1. The molecule has 2 aromatic rings. The van der Waals surface area contributed by atoms with Gasteiger partial charge in [-0.3, -0.25) is 9.59 Å². The summed E-state index contributed by atoms with van der Waals surface area (Å²) < 4.78 is 10.5. The Hall–Kier alpha value is -1.92. The lowest BCUT2D eigenvalue weighted by Crippen LogP contribution is -2.30. The van der Waals surface area contributed by atoms with Gasteiger partial charge in [-0.15, -0.1) is 0 Å². The number of hydrogen-bond donors (Lipinski definition) is 0. The van der Waals surface area contributed by atoms with Crippen molar-refractivity contribution >= 4 is 34.6 Å². The maximum Gasteiger partial charge on any atom is 0.308 e. The first-order valence-electron chi connectivity index (χ1n) is 16.9. The third-order valence-electron chi connectivity index (χ3n) is 11.1. The molecular formula is C38H52O4S2. The number of benzene rings is 2. The van der Waals surface area contributed by atoms with E-state index >= 15 is 0 Å². The number of rotatable bonds is 10. The third-order valence-corrected chi connectivity index (χ3v) is 12.8. The molecule has 0 N–H and O–H groups in total. The highest BCUT2D eigenvalue weighted by molar-refractivity contribution is 8.14. The molecule has 2 aromatic carbocycles. The van der Waals surface area contributed by atoms with Crippen molar-refractivity contribution in [2.75, 3.05) is 19.1 Å². The maximum absolute atomic E-state index is 11.3. The fraction of sp³-hybridized carbons (Fsp3) is 0.632. The molecule has 0 radical (unpaired) electrons. The van der Waals surface area contributed by atoms with E-state index in [0.717, 1.165) is 48.2 Å². The zero-order valence-corrected chi connectivity index (χ0v) is 28.9. The molecule has 0 aliphatic heterocycles. The number of unbranched alkanes of at least 4 members (excludes halogenated alkanes) is 1. The number of fused-ring (bicyclic) bond motifs is 5. The predicted octanol–water partition coefficient (Wildman–Crippen LogP) is 9.72. The lowest BCUT2D eigenvalue weighted by Gasteiger charge is -2.38. The Kier molecular flexibility index (Phi) is 11.8. The van der Waals surface area contributed by atoms with E-state index in [2.05, 4.69) is 30.5 Å². The zero-order chi connectivity index (χ0) is 31.1. The molecule has 4 saturated carbocycles. The van der Waals surface area contributed by atoms with Crippen molar-refractivity contribution in [2.24, 2.45) is 29.6 Å². The van der Waals surface area contributed by atoms with Crippen LogP contribution in [0.2, 0.25) is 0 Å². The van der Waals surface area contributed by atoms with E-state index in [-0.39, 0.29) is 11.4 Å². The van der Waals surface area contributed by atoms with Gasteiger partial charge < -0.3 is 9.47 Å². The Morgan fingerprint density at radius 1 is 0.795 bits per heavy atom. The Morgan fingerprint density at radius 3 is 2.02 bits per heavy atom. The average Bonchev–Trinajstić information content (AvgIpc) is 3.72. The predicted molar refractivity (Wildman–Crippen MR) is 185 cm³/mol. The van der Waals surface area contributed by atoms with Crippen LogP contribution in [-0.2, 0) is 15.0 Å². The van der Waals surface area contributed by atoms with Crippen LogP contribution in [0, 0.1) is 29.6 Å². The van der Waals surface area contributed by atoms with Gasteiger partial charge in [-0.05, 0) is 122 Å². The van der Waals surface area contributed by atoms with Crippen molar-refractivity contribution in [1.82, 2.24) is 0 Å². The minimum Gasteiger partial charge on any atom is -0.497 e. The van der Waals surface area contributed by atoms with Gasteiger partial charge in [0, 0.05) is 24.5 Å². The molecule has 4 fully saturated rings. The number of esters is 1. The van der Waals surface area contributed by atoms with Crippen LogP contribution in [0.25, 0.3) is 0 Å². The summed E-state index contributed by atoms with van der Waals surface area (Å²) in [5, 5.41) is 0.985. The van der Waals surface area contributed by atoms with Crippen molar-refractivity contribution in [3.63, 3.8) is 0 Å². The molecule has 6 unspecified atom stereocenters. The molecular weight excluding hydrogens is 585 g/mol. The molecule has 6 heteroatoms. The average molecular weight is 637 g/mol. The molecule has 4 aliphatic rings. The minimum absolute atomic E-state index is 0.0409. The van der Waals surface area contributed by atoms with E-state index in [1.165, 1.54) is 88.0 Å². The van der Waals surface area contributed by atoms with Gasteiger partial charge in [0.2, 0.25) is 0 Å². The largest absolute Gasteiger partial charge is 0.497 e. The molecule has 0 heterocycles. The molecule has 0 aromatic heterocycles. The summed E-state index contributed by atoms with van der Waals surface area (Å²) in [4.78, 5) is 22.4. The second-order valence-corrected chi connectivity index (χ2v) is 16.1. The van der Waals surface area contributed by atoms with Crippen molar-refractivity contribution in [3.8, 4) is 11.5 Å². The molecule has 6 atom stereocenters. The molecule has 6 rings (SSSR count). The van der Waals surface area contributed by atoms with Gasteiger partial charge in [0.05, 0.1) is 7.11 Å². The number of hydrogen-bond acceptors (Lipinski definition) is 6. The highest BCUT2D eigenvalue weighted by Gasteiger charge is 2.55. The van der Waals surface area contributed by atoms with Gasteiger partial charge in [-0.1, -0.05) is 68.1 Å². The molecule has 0 saturated heterocycles. The second-order valence-electron chi connectivity index (χ2n) is 13.7. The smallest absolute Gasteiger partial charge is 0.308 e. The van der Waals surface area contributed by atoms with Crippen LogP contribution in [0.15, 0.2) is 48.5 Å². The summed E-state index contributed by atoms with van der Waals surface area (Å²) in [7, 11) is 1.69. The summed E-state index contributed by atoms with van der Waals surface area (Å²) in [5.74, 6) is 7.58. The summed E-state index contributed by atoms with van der Waals surface area (Å²) in [6, 6.07) is 16.5. The fourth-order valence-electron chi connectivity index (χ4n) is 9.30. The van der Waals surface area contributed by atoms with Gasteiger partial charge >= 0.3 is 5.97 Å². The van der Waals surface area contributed by atoms with Crippen LogP contribution in [0.1, 0.15) is 102 Å². The lowest BCUT2D eigenvalue weighted by molar-refractivity contribution is -0.131. The van der Waals surface area contributed by atoms with E-state index in [0.29, 0.717) is 16.1 Å². The van der Waals surface area contributed by atoms with E-state index in [1.54, 1.807) is 25.8 Å². The highest BCUT2D eigenvalue weighted by Crippen LogP contribution is 2.63. The van der Waals surface area contributed by atoms with Gasteiger partial charge in [-0.25, -0.2) is 0 Å². The highest BCUT2D eigenvalue weighted by atomic mass is 32.2. The molecule has 0 spiro atoms. The number of carbonyl (C=O) groups excluding carboxylic acids is 2. The quantitative estimate of drug-likeness (QED) is 0.147. The number of ether oxygens (including phenoxy) is 2. The van der Waals surface area contributed by atoms with Gasteiger partial charge in [-0.2, -0.15) is 11.8 Å². The molecule has 44 heavy (non-hydrogen) atoms. The van der Waals surface area contributed by atoms with Crippen LogP contribution in [0.5, 0.6) is 11.5 Å². The van der Waals surface area contributed by atoms with Crippen LogP contribution >= 0.6 is 23.5 Å². The van der Waals surface area contributed by atoms with E-state index in [1.807, 2.05) is 36.0 Å². The lowest BCUT2D eigenvalue weighted by atomic mass is 9.65. The maximum atomic E-state index is 11.3. The topological polar surface area (TPSA) is 52.6 Å². The standard InChI is InChI=1S/C21H24O3.C17H28OS2/c1-16(22)24-20-12-8-18(9-13-20)21(14-4-3-5-15-21)17-6-10-19(23-2)11-7-17;1-11(18)20-14-9-16-13-7-12(5-3-4-6-19-2)15(8-13)17(16)10-14/h6-13H,3-5,14-15H2,1-2H3;12-17H,3-10H2,1-2H3.